The van der Waals surface area contributed by atoms with Crippen molar-refractivity contribution in [3.05, 3.63) is 65.2 Å². The van der Waals surface area contributed by atoms with Crippen LogP contribution in [0.4, 0.5) is 5.69 Å². The van der Waals surface area contributed by atoms with Crippen LogP contribution >= 0.6 is 0 Å². The van der Waals surface area contributed by atoms with Crippen LogP contribution in [0, 0.1) is 11.3 Å². The highest BCUT2D eigenvalue weighted by Crippen LogP contribution is 2.26. The fourth-order valence-corrected chi connectivity index (χ4v) is 4.20. The second-order valence-corrected chi connectivity index (χ2v) is 10.0. The number of rotatable bonds is 9. The molecule has 0 spiro atoms. The Morgan fingerprint density at radius 3 is 2.36 bits per heavy atom. The van der Waals surface area contributed by atoms with Gasteiger partial charge in [0.2, 0.25) is 0 Å². The zero-order valence-corrected chi connectivity index (χ0v) is 19.5. The van der Waals surface area contributed by atoms with Crippen molar-refractivity contribution in [1.29, 1.82) is 5.26 Å². The molecule has 3 rings (SSSR count). The largest absolute Gasteiger partial charge is 0.390 e. The Hall–Kier alpha value is -2.93. The maximum atomic E-state index is 11.7. The van der Waals surface area contributed by atoms with Crippen molar-refractivity contribution in [3.8, 4) is 6.07 Å². The maximum absolute atomic E-state index is 11.7. The Balaban J connectivity index is 1.38. The number of aliphatic hydroxyl groups is 1. The van der Waals surface area contributed by atoms with Crippen molar-refractivity contribution >= 4 is 21.8 Å². The Morgan fingerprint density at radius 2 is 1.79 bits per heavy atom. The predicted octanol–water partition coefficient (Wildman–Crippen LogP) is 2.55. The number of likely N-dealkylation sites (tertiary alicyclic amines) is 1. The van der Waals surface area contributed by atoms with Crippen molar-refractivity contribution in [2.75, 3.05) is 37.8 Å². The Kier molecular flexibility index (Phi) is 8.08. The summed E-state index contributed by atoms with van der Waals surface area (Å²) in [6.07, 6.45) is 3.76. The van der Waals surface area contributed by atoms with Crippen LogP contribution in [-0.2, 0) is 20.7 Å². The molecule has 33 heavy (non-hydrogen) atoms. The summed E-state index contributed by atoms with van der Waals surface area (Å²) in [4.78, 5) is 14.1. The molecule has 9 heteroatoms. The first-order valence-corrected chi connectivity index (χ1v) is 12.7. The van der Waals surface area contributed by atoms with E-state index in [9.17, 15) is 18.3 Å². The second kappa shape index (κ2) is 10.8. The van der Waals surface area contributed by atoms with Gasteiger partial charge in [0.25, 0.3) is 0 Å². The van der Waals surface area contributed by atoms with Crippen LogP contribution in [-0.4, -0.2) is 62.4 Å². The SMILES string of the molecule is CS(=O)(=O)OC(=O)c1ccc(NCCC2(O)CCN(CCc3ccc(C#N)cc3)CC2)cc1. The molecule has 8 nitrogen and oxygen atoms in total. The van der Waals surface area contributed by atoms with Crippen LogP contribution in [0.1, 0.15) is 40.7 Å². The lowest BCUT2D eigenvalue weighted by molar-refractivity contribution is -0.0245. The summed E-state index contributed by atoms with van der Waals surface area (Å²) in [7, 11) is -3.85. The van der Waals surface area contributed by atoms with Gasteiger partial charge in [0.15, 0.2) is 0 Å². The molecule has 2 aromatic rings. The van der Waals surface area contributed by atoms with Crippen molar-refractivity contribution in [2.24, 2.45) is 0 Å². The highest BCUT2D eigenvalue weighted by Gasteiger charge is 2.31. The van der Waals surface area contributed by atoms with Gasteiger partial charge in [-0.2, -0.15) is 13.7 Å². The van der Waals surface area contributed by atoms with Crippen molar-refractivity contribution in [1.82, 2.24) is 4.90 Å². The zero-order chi connectivity index (χ0) is 23.9. The number of carbonyl (C=O) groups is 1. The molecule has 1 aliphatic rings. The zero-order valence-electron chi connectivity index (χ0n) is 18.7. The van der Waals surface area contributed by atoms with Crippen LogP contribution in [0.5, 0.6) is 0 Å². The number of nitrogens with zero attached hydrogens (tertiary/aromatic N) is 2. The molecule has 1 aliphatic heterocycles. The van der Waals surface area contributed by atoms with Gasteiger partial charge in [-0.25, -0.2) is 4.79 Å². The molecule has 0 atom stereocenters. The van der Waals surface area contributed by atoms with Crippen molar-refractivity contribution in [3.63, 3.8) is 0 Å². The molecule has 1 saturated heterocycles. The van der Waals surface area contributed by atoms with E-state index in [0.29, 0.717) is 31.4 Å². The molecular formula is C24H29N3O5S. The molecule has 0 aliphatic carbocycles. The summed E-state index contributed by atoms with van der Waals surface area (Å²) in [5, 5.41) is 23.0. The molecule has 0 saturated carbocycles. The third kappa shape index (κ3) is 7.86. The van der Waals surface area contributed by atoms with E-state index in [1.807, 2.05) is 24.3 Å². The summed E-state index contributed by atoms with van der Waals surface area (Å²) in [6.45, 7) is 3.18. The maximum Gasteiger partial charge on any atom is 0.353 e. The number of nitrogens with one attached hydrogen (secondary N) is 1. The van der Waals surface area contributed by atoms with E-state index in [0.717, 1.165) is 38.0 Å². The quantitative estimate of drug-likeness (QED) is 0.536. The number of nitriles is 1. The van der Waals surface area contributed by atoms with Gasteiger partial charge in [-0.3, -0.25) is 0 Å². The van der Waals surface area contributed by atoms with Crippen LogP contribution in [0.25, 0.3) is 0 Å². The first-order valence-electron chi connectivity index (χ1n) is 10.9. The molecule has 2 aromatic carbocycles. The number of piperidine rings is 1. The average Bonchev–Trinajstić information content (AvgIpc) is 2.78. The summed E-state index contributed by atoms with van der Waals surface area (Å²) in [6, 6.07) is 16.1. The summed E-state index contributed by atoms with van der Waals surface area (Å²) in [5.74, 6) is -0.913. The first kappa shape index (κ1) is 24.7. The van der Waals surface area contributed by atoms with Gasteiger partial charge in [0.1, 0.15) is 0 Å². The summed E-state index contributed by atoms with van der Waals surface area (Å²) >= 11 is 0. The molecule has 0 unspecified atom stereocenters. The van der Waals surface area contributed by atoms with Crippen LogP contribution in [0.15, 0.2) is 48.5 Å². The van der Waals surface area contributed by atoms with Gasteiger partial charge < -0.3 is 19.5 Å². The topological polar surface area (TPSA) is 120 Å². The number of hydrogen-bond donors (Lipinski definition) is 2. The molecule has 176 valence electrons. The Bertz CT molecular complexity index is 1080. The fraction of sp³-hybridized carbons (Fsp3) is 0.417. The molecule has 1 fully saturated rings. The molecule has 1 heterocycles. The standard InChI is InChI=1S/C24H29N3O5S/c1-33(30,31)32-23(28)21-6-8-22(9-7-21)26-14-11-24(29)12-16-27(17-13-24)15-10-19-2-4-20(18-25)5-3-19/h2-9,26,29H,10-17H2,1H3. The Labute approximate surface area is 194 Å². The van der Waals surface area contributed by atoms with Gasteiger partial charge in [-0.05, 0) is 67.6 Å². The normalized spacial score (nSPS) is 16.0. The first-order chi connectivity index (χ1) is 15.7. The van der Waals surface area contributed by atoms with Gasteiger partial charge >= 0.3 is 16.1 Å². The third-order valence-corrected chi connectivity index (χ3v) is 6.31. The highest BCUT2D eigenvalue weighted by molar-refractivity contribution is 7.86. The fourth-order valence-electron chi connectivity index (χ4n) is 3.83. The van der Waals surface area contributed by atoms with Gasteiger partial charge in [0, 0.05) is 31.9 Å². The van der Waals surface area contributed by atoms with Gasteiger partial charge in [-0.1, -0.05) is 12.1 Å². The predicted molar refractivity (Wildman–Crippen MR) is 125 cm³/mol. The van der Waals surface area contributed by atoms with Gasteiger partial charge in [-0.15, -0.1) is 0 Å². The molecule has 0 aromatic heterocycles. The van der Waals surface area contributed by atoms with E-state index in [-0.39, 0.29) is 5.56 Å². The minimum atomic E-state index is -3.85. The molecule has 0 amide bonds. The number of carbonyl (C=O) groups excluding carboxylic acids is 1. The molecule has 0 radical (unpaired) electrons. The number of hydrogen-bond acceptors (Lipinski definition) is 8. The van der Waals surface area contributed by atoms with E-state index < -0.39 is 21.7 Å². The van der Waals surface area contributed by atoms with Gasteiger partial charge in [0.05, 0.1) is 29.1 Å². The second-order valence-electron chi connectivity index (χ2n) is 8.45. The third-order valence-electron chi connectivity index (χ3n) is 5.85. The number of benzene rings is 2. The lowest BCUT2D eigenvalue weighted by Gasteiger charge is -2.38. The van der Waals surface area contributed by atoms with E-state index in [1.165, 1.54) is 17.7 Å². The molecular weight excluding hydrogens is 442 g/mol. The smallest absolute Gasteiger partial charge is 0.353 e. The highest BCUT2D eigenvalue weighted by atomic mass is 32.2. The van der Waals surface area contributed by atoms with E-state index in [4.69, 9.17) is 5.26 Å². The average molecular weight is 472 g/mol. The van der Waals surface area contributed by atoms with E-state index in [1.54, 1.807) is 12.1 Å². The minimum Gasteiger partial charge on any atom is -0.390 e. The number of anilines is 1. The lowest BCUT2D eigenvalue weighted by atomic mass is 9.88. The van der Waals surface area contributed by atoms with Crippen LogP contribution in [0.3, 0.4) is 0 Å². The summed E-state index contributed by atoms with van der Waals surface area (Å²) in [5.41, 5.74) is 2.08. The van der Waals surface area contributed by atoms with Crippen molar-refractivity contribution < 1.29 is 22.5 Å². The Morgan fingerprint density at radius 1 is 1.15 bits per heavy atom. The van der Waals surface area contributed by atoms with E-state index in [2.05, 4.69) is 20.5 Å². The van der Waals surface area contributed by atoms with E-state index >= 15 is 0 Å². The monoisotopic (exact) mass is 471 g/mol. The van der Waals surface area contributed by atoms with Crippen molar-refractivity contribution in [2.45, 2.75) is 31.3 Å². The minimum absolute atomic E-state index is 0.151. The summed E-state index contributed by atoms with van der Waals surface area (Å²) < 4.78 is 26.5. The van der Waals surface area contributed by atoms with Crippen LogP contribution in [0.2, 0.25) is 0 Å². The molecule has 2 N–H and O–H groups in total. The van der Waals surface area contributed by atoms with Crippen LogP contribution < -0.4 is 5.32 Å². The molecule has 0 bridgehead atoms. The lowest BCUT2D eigenvalue weighted by Crippen LogP contribution is -2.45.